The van der Waals surface area contributed by atoms with Crippen molar-refractivity contribution >= 4 is 98.9 Å². The van der Waals surface area contributed by atoms with E-state index in [2.05, 4.69) is 219 Å². The maximum atomic E-state index is 12.2. The molecule has 1 unspecified atom stereocenters. The SMILES string of the molecule is Brc1ccccc1I.COc1cc2c(cc1OC)C1(c3ccccc3N2)c2ccccc2-c2cc(C)c(C)cc21.COc1ccc(Nc2ccccc2Br)cc1OC.Cc1cc2c(cc1C)-c1ccccc1C2=O.Cc1ccc(Br)cc1C. The molecule has 0 amide bonds. The van der Waals surface area contributed by atoms with Crippen molar-refractivity contribution in [2.24, 2.45) is 0 Å². The van der Waals surface area contributed by atoms with Crippen molar-refractivity contribution in [1.29, 1.82) is 0 Å². The Balaban J connectivity index is 0.000000138. The van der Waals surface area contributed by atoms with Crippen molar-refractivity contribution in [1.82, 2.24) is 0 Å². The van der Waals surface area contributed by atoms with E-state index < -0.39 is 5.41 Å². The summed E-state index contributed by atoms with van der Waals surface area (Å²) in [5, 5.41) is 6.99. The summed E-state index contributed by atoms with van der Waals surface area (Å²) in [5.41, 5.74) is 22.9. The molecule has 0 saturated heterocycles. The van der Waals surface area contributed by atoms with E-state index in [0.29, 0.717) is 5.75 Å². The lowest BCUT2D eigenvalue weighted by atomic mass is 9.65. The number of benzene rings is 10. The number of ether oxygens (including phenoxy) is 4. The van der Waals surface area contributed by atoms with E-state index in [1.54, 1.807) is 28.4 Å². The first-order valence-electron chi connectivity index (χ1n) is 27.0. The molecular formula is C72H64Br3IN2O5. The summed E-state index contributed by atoms with van der Waals surface area (Å²) in [5.74, 6) is 3.04. The minimum absolute atomic E-state index is 0.161. The highest BCUT2D eigenvalue weighted by molar-refractivity contribution is 14.1. The van der Waals surface area contributed by atoms with Crippen LogP contribution in [0.3, 0.4) is 0 Å². The second-order valence-electron chi connectivity index (χ2n) is 20.4. The third kappa shape index (κ3) is 12.6. The Morgan fingerprint density at radius 2 is 0.928 bits per heavy atom. The van der Waals surface area contributed by atoms with Gasteiger partial charge in [0.25, 0.3) is 0 Å². The fourth-order valence-corrected chi connectivity index (χ4v) is 12.2. The number of methoxy groups -OCH3 is 4. The number of rotatable bonds is 6. The van der Waals surface area contributed by atoms with E-state index in [4.69, 9.17) is 18.9 Å². The van der Waals surface area contributed by atoms with Crippen molar-refractivity contribution in [3.63, 3.8) is 0 Å². The van der Waals surface area contributed by atoms with Gasteiger partial charge >= 0.3 is 0 Å². The van der Waals surface area contributed by atoms with Gasteiger partial charge in [-0.1, -0.05) is 131 Å². The third-order valence-corrected chi connectivity index (χ3v) is 18.9. The lowest BCUT2D eigenvalue weighted by Crippen LogP contribution is -2.33. The number of para-hydroxylation sites is 2. The standard InChI is InChI=1S/C29H25NO2.C15H12O.C14H14BrNO2.C8H9Br.C6H4BrI/c1-17-13-20-19-9-5-6-10-21(19)29(23(20)14-18(17)2)22-11-7-8-12-25(22)30-26-16-28(32-4)27(31-3)15-24(26)29;1-9-7-13-11-5-3-4-6-12(11)15(16)14(13)8-10(9)2;1-17-13-8-7-10(9-14(13)18-2)16-12-6-4-3-5-11(12)15;1-6-3-4-8(9)5-7(6)2;7-5-3-1-2-4-6(5)8/h5-16,30H,1-4H3;3-8H,1-2H3;3-9,16H,1-2H3;3-5H,1-2H3;1-4H. The van der Waals surface area contributed by atoms with E-state index in [1.165, 1.54) is 74.8 Å². The molecule has 1 heterocycles. The zero-order valence-electron chi connectivity index (χ0n) is 48.0. The van der Waals surface area contributed by atoms with Crippen LogP contribution in [0.2, 0.25) is 0 Å². The highest BCUT2D eigenvalue weighted by Crippen LogP contribution is 2.62. The first-order chi connectivity index (χ1) is 40.0. The molecule has 83 heavy (non-hydrogen) atoms. The van der Waals surface area contributed by atoms with E-state index >= 15 is 0 Å². The molecule has 3 aliphatic rings. The fourth-order valence-electron chi connectivity index (χ4n) is 10.7. The van der Waals surface area contributed by atoms with Gasteiger partial charge in [0, 0.05) is 57.3 Å². The van der Waals surface area contributed by atoms with Crippen molar-refractivity contribution in [2.45, 2.75) is 47.0 Å². The quantitative estimate of drug-likeness (QED) is 0.161. The van der Waals surface area contributed by atoms with Crippen LogP contribution in [0.5, 0.6) is 23.0 Å². The molecule has 1 spiro atoms. The molecule has 10 aromatic carbocycles. The number of ketones is 1. The molecule has 0 fully saturated rings. The first-order valence-corrected chi connectivity index (χ1v) is 30.4. The summed E-state index contributed by atoms with van der Waals surface area (Å²) in [6.07, 6.45) is 0. The Hall–Kier alpha value is -7.16. The molecule has 420 valence electrons. The maximum Gasteiger partial charge on any atom is 0.194 e. The Kier molecular flexibility index (Phi) is 19.4. The van der Waals surface area contributed by atoms with Crippen LogP contribution in [0.15, 0.2) is 208 Å². The minimum atomic E-state index is -0.429. The molecule has 7 nitrogen and oxygen atoms in total. The summed E-state index contributed by atoms with van der Waals surface area (Å²) in [4.78, 5) is 12.2. The van der Waals surface area contributed by atoms with E-state index in [1.807, 2.05) is 97.9 Å². The first kappa shape index (κ1) is 60.4. The molecule has 0 aromatic heterocycles. The van der Waals surface area contributed by atoms with Crippen LogP contribution >= 0.6 is 70.4 Å². The molecule has 11 heteroatoms. The average molecular weight is 1400 g/mol. The second kappa shape index (κ2) is 26.6. The van der Waals surface area contributed by atoms with E-state index in [0.717, 1.165) is 71.2 Å². The molecular weight excluding hydrogens is 1340 g/mol. The van der Waals surface area contributed by atoms with Gasteiger partial charge in [-0.15, -0.1) is 0 Å². The topological polar surface area (TPSA) is 78.1 Å². The van der Waals surface area contributed by atoms with Gasteiger partial charge in [-0.3, -0.25) is 4.79 Å². The van der Waals surface area contributed by atoms with Gasteiger partial charge in [0.2, 0.25) is 0 Å². The van der Waals surface area contributed by atoms with E-state index in [9.17, 15) is 4.79 Å². The normalized spacial score (nSPS) is 13.1. The van der Waals surface area contributed by atoms with Crippen molar-refractivity contribution < 1.29 is 23.7 Å². The molecule has 2 aliphatic carbocycles. The van der Waals surface area contributed by atoms with Gasteiger partial charge in [0.05, 0.1) is 39.5 Å². The summed E-state index contributed by atoms with van der Waals surface area (Å²) < 4.78 is 26.5. The van der Waals surface area contributed by atoms with Gasteiger partial charge in [-0.2, -0.15) is 0 Å². The second-order valence-corrected chi connectivity index (χ2v) is 24.2. The maximum absolute atomic E-state index is 12.2. The third-order valence-electron chi connectivity index (χ3n) is 15.4. The Bertz CT molecular complexity index is 4030. The lowest BCUT2D eigenvalue weighted by molar-refractivity contribution is 0.104. The van der Waals surface area contributed by atoms with Crippen LogP contribution in [0.4, 0.5) is 22.7 Å². The Morgan fingerprint density at radius 3 is 1.55 bits per heavy atom. The number of carbonyl (C=O) groups excluding carboxylic acids is 1. The van der Waals surface area contributed by atoms with Gasteiger partial charge in [-0.05, 0) is 241 Å². The lowest BCUT2D eigenvalue weighted by Gasteiger charge is -2.40. The van der Waals surface area contributed by atoms with Gasteiger partial charge in [0.15, 0.2) is 28.8 Å². The number of carbonyl (C=O) groups is 1. The van der Waals surface area contributed by atoms with Crippen LogP contribution < -0.4 is 29.6 Å². The zero-order valence-corrected chi connectivity index (χ0v) is 54.9. The summed E-state index contributed by atoms with van der Waals surface area (Å²) in [6.45, 7) is 12.8. The molecule has 2 N–H and O–H groups in total. The zero-order chi connectivity index (χ0) is 59.1. The number of anilines is 4. The Labute approximate surface area is 527 Å². The molecule has 1 aliphatic heterocycles. The summed E-state index contributed by atoms with van der Waals surface area (Å²) >= 11 is 12.6. The van der Waals surface area contributed by atoms with Crippen LogP contribution in [0.1, 0.15) is 71.6 Å². The highest BCUT2D eigenvalue weighted by atomic mass is 127. The van der Waals surface area contributed by atoms with Crippen molar-refractivity contribution in [2.75, 3.05) is 39.1 Å². The number of hydrogen-bond donors (Lipinski definition) is 2. The number of fused-ring (bicyclic) bond motifs is 12. The van der Waals surface area contributed by atoms with Crippen LogP contribution in [-0.2, 0) is 5.41 Å². The molecule has 0 radical (unpaired) electrons. The minimum Gasteiger partial charge on any atom is -0.493 e. The largest absolute Gasteiger partial charge is 0.493 e. The summed E-state index contributed by atoms with van der Waals surface area (Å²) in [6, 6.07) is 66.4. The van der Waals surface area contributed by atoms with E-state index in [-0.39, 0.29) is 5.78 Å². The number of aryl methyl sites for hydroxylation is 6. The number of halogens is 4. The highest BCUT2D eigenvalue weighted by Gasteiger charge is 2.50. The molecule has 10 aromatic rings. The monoisotopic (exact) mass is 1400 g/mol. The van der Waals surface area contributed by atoms with Crippen LogP contribution in [-0.4, -0.2) is 34.2 Å². The predicted molar refractivity (Wildman–Crippen MR) is 362 cm³/mol. The average Bonchev–Trinajstić information content (AvgIpc) is 2.25. The molecule has 13 rings (SSSR count). The molecule has 0 saturated carbocycles. The Morgan fingerprint density at radius 1 is 0.398 bits per heavy atom. The van der Waals surface area contributed by atoms with Gasteiger partial charge in [0.1, 0.15) is 0 Å². The summed E-state index contributed by atoms with van der Waals surface area (Å²) in [7, 11) is 6.63. The smallest absolute Gasteiger partial charge is 0.194 e. The fraction of sp³-hybridized carbons (Fsp3) is 0.153. The van der Waals surface area contributed by atoms with Crippen molar-refractivity contribution in [3.8, 4) is 45.3 Å². The van der Waals surface area contributed by atoms with Gasteiger partial charge < -0.3 is 29.6 Å². The molecule has 1 atom stereocenters. The van der Waals surface area contributed by atoms with Crippen LogP contribution in [0.25, 0.3) is 22.3 Å². The number of nitrogens with one attached hydrogen (secondary N) is 2. The van der Waals surface area contributed by atoms with Gasteiger partial charge in [-0.25, -0.2) is 0 Å². The molecule has 0 bridgehead atoms. The predicted octanol–water partition coefficient (Wildman–Crippen LogP) is 20.6. The van der Waals surface area contributed by atoms with Crippen LogP contribution in [0, 0.1) is 45.1 Å². The number of hydrogen-bond acceptors (Lipinski definition) is 7. The van der Waals surface area contributed by atoms with Crippen molar-refractivity contribution in [3.05, 3.63) is 278 Å².